The van der Waals surface area contributed by atoms with Gasteiger partial charge in [-0.3, -0.25) is 4.79 Å². The van der Waals surface area contributed by atoms with Crippen LogP contribution < -0.4 is 5.32 Å². The minimum absolute atomic E-state index is 0.365. The van der Waals surface area contributed by atoms with E-state index in [0.29, 0.717) is 5.56 Å². The number of amides is 1. The van der Waals surface area contributed by atoms with Crippen LogP contribution in [0.25, 0.3) is 0 Å². The molecule has 0 aliphatic rings. The molecule has 0 fully saturated rings. The molecule has 4 nitrogen and oxygen atoms in total. The zero-order chi connectivity index (χ0) is 12.9. The molecule has 0 aliphatic heterocycles. The molecule has 0 aromatic heterocycles. The fourth-order valence-corrected chi connectivity index (χ4v) is 1.58. The van der Waals surface area contributed by atoms with E-state index in [1.54, 1.807) is 23.9 Å². The standard InChI is InChI=1S/C12H14N2O2S/c1-12(7-13,8-15)14-11(16)9-3-5-10(17-2)6-4-9/h3-6,15H,8H2,1-2H3,(H,14,16). The first kappa shape index (κ1) is 13.6. The monoisotopic (exact) mass is 250 g/mol. The van der Waals surface area contributed by atoms with E-state index in [0.717, 1.165) is 4.90 Å². The van der Waals surface area contributed by atoms with Crippen LogP contribution in [0.15, 0.2) is 29.2 Å². The highest BCUT2D eigenvalue weighted by molar-refractivity contribution is 7.98. The Bertz CT molecular complexity index is 439. The molecular formula is C12H14N2O2S. The Balaban J connectivity index is 2.80. The first-order valence-corrected chi connectivity index (χ1v) is 6.26. The fraction of sp³-hybridized carbons (Fsp3) is 0.333. The normalized spacial score (nSPS) is 13.5. The quantitative estimate of drug-likeness (QED) is 0.792. The molecule has 1 unspecified atom stereocenters. The Morgan fingerprint density at radius 3 is 2.53 bits per heavy atom. The summed E-state index contributed by atoms with van der Waals surface area (Å²) in [5.74, 6) is -0.365. The van der Waals surface area contributed by atoms with Gasteiger partial charge >= 0.3 is 0 Å². The molecule has 0 saturated heterocycles. The number of aliphatic hydroxyl groups excluding tert-OH is 1. The second kappa shape index (κ2) is 5.71. The Hall–Kier alpha value is -1.51. The van der Waals surface area contributed by atoms with Crippen LogP contribution in [0.2, 0.25) is 0 Å². The van der Waals surface area contributed by atoms with Crippen LogP contribution in [0.5, 0.6) is 0 Å². The Kier molecular flexibility index (Phi) is 4.55. The maximum atomic E-state index is 11.8. The summed E-state index contributed by atoms with van der Waals surface area (Å²) in [4.78, 5) is 12.9. The van der Waals surface area contributed by atoms with Crippen LogP contribution in [0, 0.1) is 11.3 Å². The van der Waals surface area contributed by atoms with Gasteiger partial charge in [0.05, 0.1) is 12.7 Å². The molecule has 0 radical (unpaired) electrons. The zero-order valence-electron chi connectivity index (χ0n) is 9.73. The number of aliphatic hydroxyl groups is 1. The summed E-state index contributed by atoms with van der Waals surface area (Å²) in [6.45, 7) is 1.05. The number of hydrogen-bond acceptors (Lipinski definition) is 4. The molecule has 0 aliphatic carbocycles. The van der Waals surface area contributed by atoms with Crippen molar-refractivity contribution in [1.29, 1.82) is 5.26 Å². The summed E-state index contributed by atoms with van der Waals surface area (Å²) in [5.41, 5.74) is -0.771. The highest BCUT2D eigenvalue weighted by Gasteiger charge is 2.25. The van der Waals surface area contributed by atoms with Crippen LogP contribution >= 0.6 is 11.8 Å². The van der Waals surface area contributed by atoms with Crippen molar-refractivity contribution >= 4 is 17.7 Å². The minimum atomic E-state index is -1.24. The Morgan fingerprint density at radius 1 is 1.53 bits per heavy atom. The summed E-state index contributed by atoms with van der Waals surface area (Å²) >= 11 is 1.59. The van der Waals surface area contributed by atoms with E-state index < -0.39 is 12.1 Å². The molecule has 2 N–H and O–H groups in total. The Labute approximate surface area is 105 Å². The van der Waals surface area contributed by atoms with Gasteiger partial charge in [-0.25, -0.2) is 0 Å². The molecule has 1 aromatic rings. The molecule has 0 saturated carbocycles. The second-order valence-electron chi connectivity index (χ2n) is 3.78. The van der Waals surface area contributed by atoms with Gasteiger partial charge in [0.1, 0.15) is 5.54 Å². The van der Waals surface area contributed by atoms with Crippen molar-refractivity contribution in [2.75, 3.05) is 12.9 Å². The maximum Gasteiger partial charge on any atom is 0.252 e. The smallest absolute Gasteiger partial charge is 0.252 e. The molecule has 1 aromatic carbocycles. The van der Waals surface area contributed by atoms with E-state index in [9.17, 15) is 4.79 Å². The number of carbonyl (C=O) groups excluding carboxylic acids is 1. The van der Waals surface area contributed by atoms with E-state index in [4.69, 9.17) is 10.4 Å². The van der Waals surface area contributed by atoms with Gasteiger partial charge in [-0.2, -0.15) is 5.26 Å². The highest BCUT2D eigenvalue weighted by atomic mass is 32.2. The molecular weight excluding hydrogens is 236 g/mol. The van der Waals surface area contributed by atoms with Gasteiger partial charge < -0.3 is 10.4 Å². The van der Waals surface area contributed by atoms with E-state index in [2.05, 4.69) is 5.32 Å². The van der Waals surface area contributed by atoms with E-state index in [1.807, 2.05) is 24.5 Å². The molecule has 17 heavy (non-hydrogen) atoms. The maximum absolute atomic E-state index is 11.8. The van der Waals surface area contributed by atoms with Gasteiger partial charge in [0.25, 0.3) is 5.91 Å². The molecule has 5 heteroatoms. The Morgan fingerprint density at radius 2 is 2.12 bits per heavy atom. The van der Waals surface area contributed by atoms with Crippen molar-refractivity contribution in [1.82, 2.24) is 5.32 Å². The number of benzene rings is 1. The van der Waals surface area contributed by atoms with Crippen molar-refractivity contribution in [3.8, 4) is 6.07 Å². The van der Waals surface area contributed by atoms with Crippen LogP contribution in [-0.2, 0) is 0 Å². The topological polar surface area (TPSA) is 73.1 Å². The lowest BCUT2D eigenvalue weighted by molar-refractivity contribution is 0.0893. The molecule has 0 heterocycles. The van der Waals surface area contributed by atoms with Crippen LogP contribution in [0.3, 0.4) is 0 Å². The summed E-state index contributed by atoms with van der Waals surface area (Å²) in [7, 11) is 0. The number of thioether (sulfide) groups is 1. The molecule has 0 bridgehead atoms. The lowest BCUT2D eigenvalue weighted by Crippen LogP contribution is -2.47. The predicted octanol–water partition coefficient (Wildman–Crippen LogP) is 1.41. The zero-order valence-corrected chi connectivity index (χ0v) is 10.5. The number of hydrogen-bond donors (Lipinski definition) is 2. The van der Waals surface area contributed by atoms with Crippen LogP contribution in [0.4, 0.5) is 0 Å². The summed E-state index contributed by atoms with van der Waals surface area (Å²) in [6.07, 6.45) is 1.95. The van der Waals surface area contributed by atoms with Gasteiger partial charge in [-0.05, 0) is 37.4 Å². The second-order valence-corrected chi connectivity index (χ2v) is 4.66. The lowest BCUT2D eigenvalue weighted by atomic mass is 10.1. The predicted molar refractivity (Wildman–Crippen MR) is 66.8 cm³/mol. The molecule has 1 rings (SSSR count). The van der Waals surface area contributed by atoms with Gasteiger partial charge in [-0.1, -0.05) is 0 Å². The highest BCUT2D eigenvalue weighted by Crippen LogP contribution is 2.15. The van der Waals surface area contributed by atoms with Crippen molar-refractivity contribution in [2.24, 2.45) is 0 Å². The lowest BCUT2D eigenvalue weighted by Gasteiger charge is -2.20. The number of nitrogens with one attached hydrogen (secondary N) is 1. The van der Waals surface area contributed by atoms with Gasteiger partial charge in [0.15, 0.2) is 0 Å². The van der Waals surface area contributed by atoms with Gasteiger partial charge in [-0.15, -0.1) is 11.8 Å². The molecule has 90 valence electrons. The number of nitrogens with zero attached hydrogens (tertiary/aromatic N) is 1. The SMILES string of the molecule is CSc1ccc(C(=O)NC(C)(C#N)CO)cc1. The first-order valence-electron chi connectivity index (χ1n) is 5.03. The third kappa shape index (κ3) is 3.48. The minimum Gasteiger partial charge on any atom is -0.393 e. The molecule has 0 spiro atoms. The van der Waals surface area contributed by atoms with Crippen LogP contribution in [0.1, 0.15) is 17.3 Å². The summed E-state index contributed by atoms with van der Waals surface area (Å²) in [5, 5.41) is 20.3. The average molecular weight is 250 g/mol. The van der Waals surface area contributed by atoms with E-state index >= 15 is 0 Å². The summed E-state index contributed by atoms with van der Waals surface area (Å²) in [6, 6.07) is 8.92. The van der Waals surface area contributed by atoms with Crippen molar-refractivity contribution in [3.05, 3.63) is 29.8 Å². The number of rotatable bonds is 4. The van der Waals surface area contributed by atoms with Gasteiger partial charge in [0.2, 0.25) is 0 Å². The fourth-order valence-electron chi connectivity index (χ4n) is 1.17. The third-order valence-electron chi connectivity index (χ3n) is 2.30. The van der Waals surface area contributed by atoms with E-state index in [1.165, 1.54) is 6.92 Å². The van der Waals surface area contributed by atoms with Crippen molar-refractivity contribution < 1.29 is 9.90 Å². The molecule has 1 amide bonds. The number of nitriles is 1. The number of carbonyl (C=O) groups is 1. The van der Waals surface area contributed by atoms with Crippen molar-refractivity contribution in [2.45, 2.75) is 17.4 Å². The largest absolute Gasteiger partial charge is 0.393 e. The third-order valence-corrected chi connectivity index (χ3v) is 3.05. The average Bonchev–Trinajstić information content (AvgIpc) is 2.38. The first-order chi connectivity index (χ1) is 8.04. The van der Waals surface area contributed by atoms with Crippen LogP contribution in [-0.4, -0.2) is 29.4 Å². The van der Waals surface area contributed by atoms with Crippen molar-refractivity contribution in [3.63, 3.8) is 0 Å². The van der Waals surface area contributed by atoms with Gasteiger partial charge in [0, 0.05) is 10.5 Å². The summed E-state index contributed by atoms with van der Waals surface area (Å²) < 4.78 is 0. The molecule has 1 atom stereocenters. The van der Waals surface area contributed by atoms with E-state index in [-0.39, 0.29) is 5.91 Å².